The minimum Gasteiger partial charge on any atom is -0.478 e. The van der Waals surface area contributed by atoms with E-state index in [4.69, 9.17) is 16.6 Å². The van der Waals surface area contributed by atoms with Crippen molar-refractivity contribution in [3.05, 3.63) is 0 Å². The summed E-state index contributed by atoms with van der Waals surface area (Å²) in [5.41, 5.74) is 8.96. The van der Waals surface area contributed by atoms with Gasteiger partial charge in [0.2, 0.25) is 11.6 Å². The van der Waals surface area contributed by atoms with Gasteiger partial charge < -0.3 is 20.8 Å². The number of carbonyl (C=O) groups excluding carboxylic acids is 1. The Kier molecular flexibility index (Phi) is 6.82. The molecule has 0 aromatic carbocycles. The number of carboxylic acid groups (broad SMARTS) is 1. The predicted octanol–water partition coefficient (Wildman–Crippen LogP) is -0.916. The van der Waals surface area contributed by atoms with E-state index in [0.717, 1.165) is 17.7 Å². The summed E-state index contributed by atoms with van der Waals surface area (Å²) in [6, 6.07) is -0.861. The second-order valence-corrected chi connectivity index (χ2v) is 4.37. The first kappa shape index (κ1) is 16.8. The highest BCUT2D eigenvalue weighted by atomic mass is 16.4. The van der Waals surface area contributed by atoms with Gasteiger partial charge in [-0.15, -0.1) is 0 Å². The molecule has 0 aliphatic carbocycles. The van der Waals surface area contributed by atoms with Gasteiger partial charge in [-0.2, -0.15) is 0 Å². The number of unbranched alkanes of at least 4 members (excludes halogenated alkanes) is 2. The van der Waals surface area contributed by atoms with E-state index < -0.39 is 30.2 Å². The Balaban J connectivity index is 5.05. The fourth-order valence-electron chi connectivity index (χ4n) is 1.54. The van der Waals surface area contributed by atoms with Gasteiger partial charge in [0.05, 0.1) is 12.6 Å². The zero-order valence-corrected chi connectivity index (χ0v) is 10.9. The number of amides is 1. The molecular formula is C11H23N3O4. The number of hydrogen-bond acceptors (Lipinski definition) is 5. The molecule has 0 saturated carbocycles. The molecule has 0 fully saturated rings. The van der Waals surface area contributed by atoms with E-state index in [-0.39, 0.29) is 6.54 Å². The summed E-state index contributed by atoms with van der Waals surface area (Å²) in [4.78, 5) is 24.0. The van der Waals surface area contributed by atoms with Crippen molar-refractivity contribution in [1.29, 1.82) is 0 Å². The molecule has 0 spiro atoms. The maximum Gasteiger partial charge on any atom is 0.347 e. The van der Waals surface area contributed by atoms with Crippen LogP contribution >= 0.6 is 0 Å². The monoisotopic (exact) mass is 261 g/mol. The summed E-state index contributed by atoms with van der Waals surface area (Å²) in [7, 11) is 0. The SMILES string of the molecule is CCCCCN(C(=O)C(C)N)C(N)(CO)C(=O)O. The number of nitrogens with zero attached hydrogens (tertiary/aromatic N) is 1. The van der Waals surface area contributed by atoms with Crippen LogP contribution in [-0.4, -0.2) is 51.8 Å². The molecule has 0 radical (unpaired) electrons. The molecule has 0 aliphatic rings. The van der Waals surface area contributed by atoms with Crippen LogP contribution in [0.4, 0.5) is 0 Å². The Bertz CT molecular complexity index is 296. The fraction of sp³-hybridized carbons (Fsp3) is 0.818. The molecule has 0 aromatic rings. The van der Waals surface area contributed by atoms with Gasteiger partial charge in [-0.3, -0.25) is 10.5 Å². The van der Waals surface area contributed by atoms with Crippen molar-refractivity contribution in [3.63, 3.8) is 0 Å². The summed E-state index contributed by atoms with van der Waals surface area (Å²) in [5, 5.41) is 18.2. The molecule has 2 atom stereocenters. The number of aliphatic hydroxyl groups is 1. The highest BCUT2D eigenvalue weighted by Gasteiger charge is 2.43. The highest BCUT2D eigenvalue weighted by molar-refractivity contribution is 5.89. The van der Waals surface area contributed by atoms with Gasteiger partial charge >= 0.3 is 5.97 Å². The van der Waals surface area contributed by atoms with E-state index in [1.165, 1.54) is 6.92 Å². The molecule has 1 amide bonds. The first-order chi connectivity index (χ1) is 8.31. The van der Waals surface area contributed by atoms with Gasteiger partial charge in [0, 0.05) is 6.54 Å². The van der Waals surface area contributed by atoms with Gasteiger partial charge in [0.1, 0.15) is 0 Å². The number of rotatable bonds is 8. The lowest BCUT2D eigenvalue weighted by molar-refractivity contribution is -0.162. The average Bonchev–Trinajstić information content (AvgIpc) is 2.32. The minimum absolute atomic E-state index is 0.164. The van der Waals surface area contributed by atoms with Crippen LogP contribution in [-0.2, 0) is 9.59 Å². The molecule has 7 heteroatoms. The lowest BCUT2D eigenvalue weighted by Gasteiger charge is -2.37. The van der Waals surface area contributed by atoms with Crippen molar-refractivity contribution in [2.24, 2.45) is 11.5 Å². The molecule has 0 aromatic heterocycles. The van der Waals surface area contributed by atoms with Crippen molar-refractivity contribution in [2.75, 3.05) is 13.2 Å². The van der Waals surface area contributed by atoms with Crippen LogP contribution in [0.5, 0.6) is 0 Å². The van der Waals surface area contributed by atoms with E-state index in [9.17, 15) is 14.7 Å². The number of carbonyl (C=O) groups is 2. The van der Waals surface area contributed by atoms with Gasteiger partial charge in [-0.1, -0.05) is 19.8 Å². The van der Waals surface area contributed by atoms with E-state index >= 15 is 0 Å². The normalized spacial score (nSPS) is 15.8. The second kappa shape index (κ2) is 7.30. The van der Waals surface area contributed by atoms with E-state index in [1.54, 1.807) is 0 Å². The van der Waals surface area contributed by atoms with Crippen LogP contribution in [0.1, 0.15) is 33.1 Å². The Labute approximate surface area is 107 Å². The van der Waals surface area contributed by atoms with Crippen LogP contribution in [0, 0.1) is 0 Å². The van der Waals surface area contributed by atoms with Crippen molar-refractivity contribution < 1.29 is 19.8 Å². The Morgan fingerprint density at radius 1 is 1.39 bits per heavy atom. The highest BCUT2D eigenvalue weighted by Crippen LogP contribution is 2.13. The van der Waals surface area contributed by atoms with Crippen LogP contribution in [0.15, 0.2) is 0 Å². The van der Waals surface area contributed by atoms with Gasteiger partial charge in [0.15, 0.2) is 0 Å². The quantitative estimate of drug-likeness (QED) is 0.330. The number of hydrogen-bond donors (Lipinski definition) is 4. The largest absolute Gasteiger partial charge is 0.478 e. The first-order valence-electron chi connectivity index (χ1n) is 6.01. The Hall–Kier alpha value is -1.18. The summed E-state index contributed by atoms with van der Waals surface area (Å²) in [6.07, 6.45) is 2.37. The summed E-state index contributed by atoms with van der Waals surface area (Å²) in [6.45, 7) is 2.75. The molecule has 106 valence electrons. The van der Waals surface area contributed by atoms with Crippen LogP contribution in [0.3, 0.4) is 0 Å². The average molecular weight is 261 g/mol. The first-order valence-corrected chi connectivity index (χ1v) is 6.01. The number of carboxylic acids is 1. The second-order valence-electron chi connectivity index (χ2n) is 4.37. The van der Waals surface area contributed by atoms with Crippen molar-refractivity contribution in [1.82, 2.24) is 4.90 Å². The molecule has 0 rings (SSSR count). The van der Waals surface area contributed by atoms with Gasteiger partial charge in [0.25, 0.3) is 0 Å². The fourth-order valence-corrected chi connectivity index (χ4v) is 1.54. The number of nitrogens with two attached hydrogens (primary N) is 2. The standard InChI is InChI=1S/C11H23N3O4/c1-3-4-5-6-14(9(16)8(2)12)11(13,7-15)10(17)18/h8,15H,3-7,12-13H2,1-2H3,(H,17,18). The van der Waals surface area contributed by atoms with Gasteiger partial charge in [-0.25, -0.2) is 4.79 Å². The molecular weight excluding hydrogens is 238 g/mol. The summed E-state index contributed by atoms with van der Waals surface area (Å²) < 4.78 is 0. The van der Waals surface area contributed by atoms with E-state index in [0.29, 0.717) is 6.42 Å². The number of aliphatic carboxylic acids is 1. The summed E-state index contributed by atoms with van der Waals surface area (Å²) >= 11 is 0. The molecule has 7 nitrogen and oxygen atoms in total. The van der Waals surface area contributed by atoms with Crippen LogP contribution in [0.25, 0.3) is 0 Å². The molecule has 2 unspecified atom stereocenters. The van der Waals surface area contributed by atoms with Crippen LogP contribution < -0.4 is 11.5 Å². The lowest BCUT2D eigenvalue weighted by atomic mass is 10.1. The van der Waals surface area contributed by atoms with E-state index in [1.807, 2.05) is 6.92 Å². The maximum atomic E-state index is 11.9. The zero-order valence-electron chi connectivity index (χ0n) is 10.9. The molecule has 0 heterocycles. The van der Waals surface area contributed by atoms with E-state index in [2.05, 4.69) is 0 Å². The topological polar surface area (TPSA) is 130 Å². The molecule has 6 N–H and O–H groups in total. The Morgan fingerprint density at radius 3 is 2.28 bits per heavy atom. The summed E-state index contributed by atoms with van der Waals surface area (Å²) in [5.74, 6) is -2.03. The third-order valence-corrected chi connectivity index (χ3v) is 2.73. The van der Waals surface area contributed by atoms with Gasteiger partial charge in [-0.05, 0) is 13.3 Å². The lowest BCUT2D eigenvalue weighted by Crippen LogP contribution is -2.67. The molecule has 0 bridgehead atoms. The molecule has 0 aliphatic heterocycles. The van der Waals surface area contributed by atoms with Crippen molar-refractivity contribution in [3.8, 4) is 0 Å². The number of aliphatic hydroxyl groups excluding tert-OH is 1. The molecule has 18 heavy (non-hydrogen) atoms. The Morgan fingerprint density at radius 2 is 1.94 bits per heavy atom. The van der Waals surface area contributed by atoms with Crippen molar-refractivity contribution in [2.45, 2.75) is 44.8 Å². The zero-order chi connectivity index (χ0) is 14.3. The van der Waals surface area contributed by atoms with Crippen molar-refractivity contribution >= 4 is 11.9 Å². The molecule has 0 saturated heterocycles. The van der Waals surface area contributed by atoms with Crippen LogP contribution in [0.2, 0.25) is 0 Å². The third kappa shape index (κ3) is 3.94. The smallest absolute Gasteiger partial charge is 0.347 e. The predicted molar refractivity (Wildman–Crippen MR) is 66.5 cm³/mol. The third-order valence-electron chi connectivity index (χ3n) is 2.73. The maximum absolute atomic E-state index is 11.9. The minimum atomic E-state index is -2.11.